The number of rotatable bonds is 0. The Morgan fingerprint density at radius 2 is 1.85 bits per heavy atom. The summed E-state index contributed by atoms with van der Waals surface area (Å²) in [4.78, 5) is 0. The number of allylic oxidation sites excluding steroid dienone is 1. The molecule has 13 heavy (non-hydrogen) atoms. The van der Waals surface area contributed by atoms with E-state index < -0.39 is 20.8 Å². The van der Waals surface area contributed by atoms with Gasteiger partial charge in [0.15, 0.2) is 0 Å². The predicted molar refractivity (Wildman–Crippen MR) is 55.6 cm³/mol. The maximum absolute atomic E-state index is 4.93. The SMILES string of the molecule is CC1C=Cc2ccccc21.[Cl][Zr][Cl]. The van der Waals surface area contributed by atoms with Gasteiger partial charge in [-0.2, -0.15) is 0 Å². The summed E-state index contributed by atoms with van der Waals surface area (Å²) in [7, 11) is 9.87. The van der Waals surface area contributed by atoms with E-state index in [4.69, 9.17) is 17.0 Å². The van der Waals surface area contributed by atoms with Crippen molar-refractivity contribution in [3.8, 4) is 0 Å². The third-order valence-corrected chi connectivity index (χ3v) is 2.05. The van der Waals surface area contributed by atoms with Crippen LogP contribution in [-0.2, 0) is 20.8 Å². The van der Waals surface area contributed by atoms with Gasteiger partial charge >= 0.3 is 37.9 Å². The van der Waals surface area contributed by atoms with Gasteiger partial charge < -0.3 is 0 Å². The topological polar surface area (TPSA) is 0 Å². The summed E-state index contributed by atoms with van der Waals surface area (Å²) in [6, 6.07) is 8.54. The second-order valence-electron chi connectivity index (χ2n) is 2.85. The van der Waals surface area contributed by atoms with Crippen molar-refractivity contribution in [2.24, 2.45) is 0 Å². The van der Waals surface area contributed by atoms with Crippen LogP contribution in [0.2, 0.25) is 0 Å². The molecule has 0 bridgehead atoms. The quantitative estimate of drug-likeness (QED) is 0.672. The minimum atomic E-state index is -0.826. The molecule has 0 saturated carbocycles. The molecule has 3 heteroatoms. The molecule has 0 N–H and O–H groups in total. The third kappa shape index (κ3) is 3.24. The fourth-order valence-corrected chi connectivity index (χ4v) is 1.43. The van der Waals surface area contributed by atoms with Gasteiger partial charge in [0.25, 0.3) is 0 Å². The van der Waals surface area contributed by atoms with Crippen LogP contribution in [0.5, 0.6) is 0 Å². The van der Waals surface area contributed by atoms with E-state index >= 15 is 0 Å². The van der Waals surface area contributed by atoms with Gasteiger partial charge in [-0.1, -0.05) is 43.3 Å². The molecule has 0 fully saturated rings. The van der Waals surface area contributed by atoms with Gasteiger partial charge in [0, 0.05) is 0 Å². The molecule has 68 valence electrons. The molecule has 0 aromatic heterocycles. The molecular weight excluding hydrogens is 282 g/mol. The van der Waals surface area contributed by atoms with E-state index in [1.807, 2.05) is 0 Å². The fraction of sp³-hybridized carbons (Fsp3) is 0.200. The molecule has 0 saturated heterocycles. The van der Waals surface area contributed by atoms with Crippen molar-refractivity contribution in [3.05, 3.63) is 41.5 Å². The van der Waals surface area contributed by atoms with Gasteiger partial charge in [0.05, 0.1) is 0 Å². The number of halogens is 2. The van der Waals surface area contributed by atoms with E-state index in [1.165, 1.54) is 11.1 Å². The van der Waals surface area contributed by atoms with Gasteiger partial charge in [-0.05, 0) is 17.0 Å². The van der Waals surface area contributed by atoms with E-state index in [0.29, 0.717) is 5.92 Å². The summed E-state index contributed by atoms with van der Waals surface area (Å²) >= 11 is -0.826. The zero-order valence-electron chi connectivity index (χ0n) is 7.30. The number of hydrogen-bond acceptors (Lipinski definition) is 0. The van der Waals surface area contributed by atoms with Crippen molar-refractivity contribution in [1.29, 1.82) is 0 Å². The van der Waals surface area contributed by atoms with Crippen LogP contribution >= 0.6 is 17.0 Å². The molecule has 2 rings (SSSR count). The average Bonchev–Trinajstić information content (AvgIpc) is 2.50. The Labute approximate surface area is 97.6 Å². The van der Waals surface area contributed by atoms with Crippen LogP contribution < -0.4 is 0 Å². The number of benzene rings is 1. The van der Waals surface area contributed by atoms with Crippen LogP contribution in [0.4, 0.5) is 0 Å². The molecule has 1 aromatic rings. The Hall–Kier alpha value is 0.423. The van der Waals surface area contributed by atoms with Crippen molar-refractivity contribution in [3.63, 3.8) is 0 Å². The number of fused-ring (bicyclic) bond motifs is 1. The second kappa shape index (κ2) is 6.01. The molecule has 0 radical (unpaired) electrons. The van der Waals surface area contributed by atoms with Crippen molar-refractivity contribution < 1.29 is 20.8 Å². The van der Waals surface area contributed by atoms with Crippen molar-refractivity contribution in [2.75, 3.05) is 0 Å². The van der Waals surface area contributed by atoms with Crippen LogP contribution in [-0.4, -0.2) is 0 Å². The monoisotopic (exact) mass is 290 g/mol. The summed E-state index contributed by atoms with van der Waals surface area (Å²) in [5.41, 5.74) is 2.84. The summed E-state index contributed by atoms with van der Waals surface area (Å²) in [6.45, 7) is 2.22. The Balaban J connectivity index is 0.000000251. The second-order valence-corrected chi connectivity index (χ2v) is 6.58. The van der Waals surface area contributed by atoms with Gasteiger partial charge in [0.2, 0.25) is 0 Å². The Morgan fingerprint density at radius 1 is 1.23 bits per heavy atom. The van der Waals surface area contributed by atoms with Crippen molar-refractivity contribution in [2.45, 2.75) is 12.8 Å². The summed E-state index contributed by atoms with van der Waals surface area (Å²) in [6.07, 6.45) is 4.44. The van der Waals surface area contributed by atoms with Crippen LogP contribution in [0.25, 0.3) is 6.08 Å². The molecule has 1 aromatic carbocycles. The average molecular weight is 292 g/mol. The summed E-state index contributed by atoms with van der Waals surface area (Å²) < 4.78 is 0. The molecule has 1 aliphatic carbocycles. The van der Waals surface area contributed by atoms with E-state index in [9.17, 15) is 0 Å². The molecular formula is C10H10Cl2Zr. The normalized spacial score (nSPS) is 17.3. The van der Waals surface area contributed by atoms with Gasteiger partial charge in [-0.15, -0.1) is 0 Å². The molecule has 0 spiro atoms. The van der Waals surface area contributed by atoms with E-state index in [1.54, 1.807) is 0 Å². The van der Waals surface area contributed by atoms with Crippen LogP contribution in [0.15, 0.2) is 30.3 Å². The van der Waals surface area contributed by atoms with E-state index in [0.717, 1.165) is 0 Å². The summed E-state index contributed by atoms with van der Waals surface area (Å²) in [5, 5.41) is 0. The molecule has 1 unspecified atom stereocenters. The van der Waals surface area contributed by atoms with Crippen LogP contribution in [0.3, 0.4) is 0 Å². The van der Waals surface area contributed by atoms with Gasteiger partial charge in [-0.3, -0.25) is 0 Å². The molecule has 0 amide bonds. The molecule has 0 aliphatic heterocycles. The predicted octanol–water partition coefficient (Wildman–Crippen LogP) is 4.19. The minimum absolute atomic E-state index is 0.621. The van der Waals surface area contributed by atoms with Crippen molar-refractivity contribution >= 4 is 23.1 Å². The first-order chi connectivity index (χ1) is 6.29. The first-order valence-corrected chi connectivity index (χ1v) is 10.4. The zero-order chi connectivity index (χ0) is 9.68. The van der Waals surface area contributed by atoms with Gasteiger partial charge in [0.1, 0.15) is 0 Å². The Kier molecular flexibility index (Phi) is 5.32. The first-order valence-electron chi connectivity index (χ1n) is 4.03. The third-order valence-electron chi connectivity index (χ3n) is 2.05. The van der Waals surface area contributed by atoms with E-state index in [-0.39, 0.29) is 0 Å². The molecule has 1 aliphatic rings. The molecule has 1 atom stereocenters. The van der Waals surface area contributed by atoms with Gasteiger partial charge in [-0.25, -0.2) is 0 Å². The maximum atomic E-state index is 4.93. The summed E-state index contributed by atoms with van der Waals surface area (Å²) in [5.74, 6) is 0.621. The molecule has 0 heterocycles. The fourth-order valence-electron chi connectivity index (χ4n) is 1.43. The number of hydrogen-bond donors (Lipinski definition) is 0. The zero-order valence-corrected chi connectivity index (χ0v) is 11.3. The standard InChI is InChI=1S/C10H10.2ClH.Zr/c1-8-6-7-9-4-2-3-5-10(8)9;;;/h2-8H,1H3;2*1H;/q;;;+2/p-2. The van der Waals surface area contributed by atoms with Crippen LogP contribution in [0.1, 0.15) is 24.0 Å². The Bertz CT molecular complexity index is 297. The van der Waals surface area contributed by atoms with E-state index in [2.05, 4.69) is 43.3 Å². The van der Waals surface area contributed by atoms with Crippen molar-refractivity contribution in [1.82, 2.24) is 0 Å². The molecule has 0 nitrogen and oxygen atoms in total. The first kappa shape index (κ1) is 11.5. The Morgan fingerprint density at radius 3 is 2.46 bits per heavy atom. The van der Waals surface area contributed by atoms with Crippen LogP contribution in [0, 0.1) is 0 Å².